The molecule has 0 aromatic carbocycles. The molecular weight excluding hydrogens is 76.1 g/mol. The Morgan fingerprint density at radius 2 is 2.50 bits per heavy atom. The van der Waals surface area contributed by atoms with Crippen LogP contribution in [0.25, 0.3) is 0 Å². The number of aliphatic hydroxyl groups excluding tert-OH is 1. The molecule has 34 valence electrons. The third-order valence-corrected chi connectivity index (χ3v) is 1.19. The van der Waals surface area contributed by atoms with Gasteiger partial charge in [0.05, 0.1) is 6.10 Å². The highest BCUT2D eigenvalue weighted by Gasteiger charge is 2.11. The highest BCUT2D eigenvalue weighted by molar-refractivity contribution is 5.15. The molecule has 1 nitrogen and oxygen atoms in total. The van der Waals surface area contributed by atoms with E-state index in [1.165, 1.54) is 0 Å². The van der Waals surface area contributed by atoms with Crippen LogP contribution in [-0.4, -0.2) is 11.2 Å². The highest BCUT2D eigenvalue weighted by Crippen LogP contribution is 2.16. The first kappa shape index (κ1) is 3.88. The molecule has 0 amide bonds. The molecule has 1 atom stereocenters. The van der Waals surface area contributed by atoms with E-state index in [4.69, 9.17) is 5.11 Å². The third kappa shape index (κ3) is 0.356. The Morgan fingerprint density at radius 3 is 2.50 bits per heavy atom. The second-order valence-electron chi connectivity index (χ2n) is 1.70. The van der Waals surface area contributed by atoms with Gasteiger partial charge in [-0.05, 0) is 18.9 Å². The van der Waals surface area contributed by atoms with Crippen LogP contribution in [0.3, 0.4) is 0 Å². The van der Waals surface area contributed by atoms with Crippen molar-refractivity contribution in [1.82, 2.24) is 0 Å². The molecule has 0 saturated heterocycles. The van der Waals surface area contributed by atoms with E-state index >= 15 is 0 Å². The molecule has 1 N–H and O–H groups in total. The molecule has 1 unspecified atom stereocenters. The Kier molecular flexibility index (Phi) is 0.701. The lowest BCUT2D eigenvalue weighted by atomic mass is 9.97. The van der Waals surface area contributed by atoms with Gasteiger partial charge in [-0.25, -0.2) is 0 Å². The summed E-state index contributed by atoms with van der Waals surface area (Å²) < 4.78 is 0. The lowest BCUT2D eigenvalue weighted by Crippen LogP contribution is -2.14. The van der Waals surface area contributed by atoms with Crippen LogP contribution in [0.4, 0.5) is 0 Å². The predicted octanol–water partition coefficient (Wildman–Crippen LogP) is 0.697. The predicted molar refractivity (Wildman–Crippen MR) is 24.4 cm³/mol. The monoisotopic (exact) mass is 84.1 g/mol. The molecule has 0 saturated carbocycles. The number of rotatable bonds is 0. The van der Waals surface area contributed by atoms with Crippen molar-refractivity contribution in [3.63, 3.8) is 0 Å². The van der Waals surface area contributed by atoms with Crippen molar-refractivity contribution in [2.24, 2.45) is 0 Å². The average molecular weight is 84.1 g/mol. The molecule has 1 aliphatic carbocycles. The van der Waals surface area contributed by atoms with E-state index < -0.39 is 0 Å². The van der Waals surface area contributed by atoms with Crippen molar-refractivity contribution in [2.45, 2.75) is 19.4 Å². The van der Waals surface area contributed by atoms with Crippen LogP contribution in [0.2, 0.25) is 0 Å². The molecule has 0 aliphatic heterocycles. The zero-order valence-corrected chi connectivity index (χ0v) is 3.81. The topological polar surface area (TPSA) is 20.2 Å². The van der Waals surface area contributed by atoms with Crippen LogP contribution in [0, 0.1) is 0 Å². The van der Waals surface area contributed by atoms with Gasteiger partial charge in [0.15, 0.2) is 0 Å². The molecule has 1 rings (SSSR count). The van der Waals surface area contributed by atoms with Crippen LogP contribution in [0.15, 0.2) is 11.6 Å². The summed E-state index contributed by atoms with van der Waals surface area (Å²) in [5.74, 6) is 0. The summed E-state index contributed by atoms with van der Waals surface area (Å²) in [6.07, 6.45) is 2.79. The molecule has 0 aromatic rings. The number of hydrogen-bond donors (Lipinski definition) is 1. The number of hydrogen-bond acceptors (Lipinski definition) is 1. The Labute approximate surface area is 37.3 Å². The van der Waals surface area contributed by atoms with Crippen molar-refractivity contribution >= 4 is 0 Å². The Morgan fingerprint density at radius 1 is 2.00 bits per heavy atom. The van der Waals surface area contributed by atoms with Gasteiger partial charge in [-0.3, -0.25) is 0 Å². The van der Waals surface area contributed by atoms with Crippen LogP contribution in [0.5, 0.6) is 0 Å². The fourth-order valence-electron chi connectivity index (χ4n) is 0.459. The first-order valence-electron chi connectivity index (χ1n) is 2.15. The zero-order valence-electron chi connectivity index (χ0n) is 3.81. The maximum absolute atomic E-state index is 8.65. The Bertz CT molecular complexity index is 83.9. The minimum absolute atomic E-state index is 0.106. The fraction of sp³-hybridized carbons (Fsp3) is 0.600. The van der Waals surface area contributed by atoms with Gasteiger partial charge in [0.25, 0.3) is 0 Å². The SMILES string of the molecule is CC1=CCC1O. The number of aliphatic hydroxyl groups is 1. The van der Waals surface area contributed by atoms with Crippen LogP contribution in [0.1, 0.15) is 13.3 Å². The first-order chi connectivity index (χ1) is 2.80. The van der Waals surface area contributed by atoms with E-state index in [9.17, 15) is 0 Å². The van der Waals surface area contributed by atoms with Gasteiger partial charge in [0.1, 0.15) is 0 Å². The summed E-state index contributed by atoms with van der Waals surface area (Å²) in [5, 5.41) is 8.65. The molecule has 0 fully saturated rings. The summed E-state index contributed by atoms with van der Waals surface area (Å²) in [6.45, 7) is 1.94. The van der Waals surface area contributed by atoms with Crippen molar-refractivity contribution in [3.05, 3.63) is 11.6 Å². The Hall–Kier alpha value is -0.300. The van der Waals surface area contributed by atoms with Crippen LogP contribution in [-0.2, 0) is 0 Å². The van der Waals surface area contributed by atoms with Crippen molar-refractivity contribution in [1.29, 1.82) is 0 Å². The molecule has 0 bridgehead atoms. The van der Waals surface area contributed by atoms with Crippen molar-refractivity contribution in [3.8, 4) is 0 Å². The molecule has 1 heteroatoms. The van der Waals surface area contributed by atoms with Gasteiger partial charge < -0.3 is 5.11 Å². The molecule has 0 radical (unpaired) electrons. The third-order valence-electron chi connectivity index (χ3n) is 1.19. The standard InChI is InChI=1S/C5H8O/c1-4-2-3-5(4)6/h2,5-6H,3H2,1H3. The summed E-state index contributed by atoms with van der Waals surface area (Å²) in [5.41, 5.74) is 1.12. The van der Waals surface area contributed by atoms with Crippen LogP contribution < -0.4 is 0 Å². The van der Waals surface area contributed by atoms with E-state index in [1.807, 2.05) is 13.0 Å². The van der Waals surface area contributed by atoms with Crippen molar-refractivity contribution in [2.75, 3.05) is 0 Å². The first-order valence-corrected chi connectivity index (χ1v) is 2.15. The average Bonchev–Trinajstić information content (AvgIpc) is 1.61. The highest BCUT2D eigenvalue weighted by atomic mass is 16.3. The van der Waals surface area contributed by atoms with E-state index in [0.717, 1.165) is 12.0 Å². The normalized spacial score (nSPS) is 31.7. The molecule has 0 spiro atoms. The summed E-state index contributed by atoms with van der Waals surface area (Å²) in [7, 11) is 0. The van der Waals surface area contributed by atoms with Gasteiger partial charge in [0, 0.05) is 0 Å². The molecule has 0 heterocycles. The van der Waals surface area contributed by atoms with E-state index in [2.05, 4.69) is 0 Å². The van der Waals surface area contributed by atoms with Gasteiger partial charge in [-0.2, -0.15) is 0 Å². The summed E-state index contributed by atoms with van der Waals surface area (Å²) in [4.78, 5) is 0. The Balaban J connectivity index is 2.51. The zero-order chi connectivity index (χ0) is 4.57. The maximum Gasteiger partial charge on any atom is 0.0781 e. The largest absolute Gasteiger partial charge is 0.388 e. The van der Waals surface area contributed by atoms with E-state index in [1.54, 1.807) is 0 Å². The second-order valence-corrected chi connectivity index (χ2v) is 1.70. The minimum atomic E-state index is -0.106. The van der Waals surface area contributed by atoms with E-state index in [0.29, 0.717) is 0 Å². The van der Waals surface area contributed by atoms with Gasteiger partial charge in [-0.1, -0.05) is 6.08 Å². The summed E-state index contributed by atoms with van der Waals surface area (Å²) in [6, 6.07) is 0. The van der Waals surface area contributed by atoms with Gasteiger partial charge in [0.2, 0.25) is 0 Å². The molecule has 6 heavy (non-hydrogen) atoms. The quantitative estimate of drug-likeness (QED) is 0.428. The summed E-state index contributed by atoms with van der Waals surface area (Å²) >= 11 is 0. The second kappa shape index (κ2) is 1.09. The van der Waals surface area contributed by atoms with E-state index in [-0.39, 0.29) is 6.10 Å². The lowest BCUT2D eigenvalue weighted by Gasteiger charge is -2.16. The maximum atomic E-state index is 8.65. The van der Waals surface area contributed by atoms with Gasteiger partial charge in [-0.15, -0.1) is 0 Å². The molecular formula is C5H8O. The van der Waals surface area contributed by atoms with Gasteiger partial charge >= 0.3 is 0 Å². The lowest BCUT2D eigenvalue weighted by molar-refractivity contribution is 0.195. The molecule has 0 aromatic heterocycles. The minimum Gasteiger partial charge on any atom is -0.388 e. The van der Waals surface area contributed by atoms with Crippen molar-refractivity contribution < 1.29 is 5.11 Å². The smallest absolute Gasteiger partial charge is 0.0781 e. The molecule has 1 aliphatic rings. The van der Waals surface area contributed by atoms with Crippen LogP contribution >= 0.6 is 0 Å². The fourth-order valence-corrected chi connectivity index (χ4v) is 0.459.